The second kappa shape index (κ2) is 9.25. The first-order valence-corrected chi connectivity index (χ1v) is 10.2. The smallest absolute Gasteiger partial charge is 0.214 e. The molecule has 0 unspecified atom stereocenters. The minimum absolute atomic E-state index is 0.451. The van der Waals surface area contributed by atoms with Gasteiger partial charge in [0, 0.05) is 16.5 Å². The standard InChI is InChI=1S/C20H23BrN4O2S/c1-4-18-23-24-20(28)25(18)22-11-15-16(21)8-9-17(26-3)19(15)27-12-14-7-5-6-13(2)10-14/h5-10,22H,4,11-12H2,1-3H3,(H,24,28). The van der Waals surface area contributed by atoms with Gasteiger partial charge in [0.1, 0.15) is 6.61 Å². The van der Waals surface area contributed by atoms with Gasteiger partial charge in [0.2, 0.25) is 4.77 Å². The van der Waals surface area contributed by atoms with Crippen LogP contribution in [0.15, 0.2) is 40.9 Å². The van der Waals surface area contributed by atoms with E-state index in [2.05, 4.69) is 50.6 Å². The van der Waals surface area contributed by atoms with Crippen molar-refractivity contribution >= 4 is 28.1 Å². The maximum absolute atomic E-state index is 6.18. The molecule has 3 rings (SSSR count). The summed E-state index contributed by atoms with van der Waals surface area (Å²) in [5, 5.41) is 7.04. The highest BCUT2D eigenvalue weighted by Gasteiger charge is 2.16. The van der Waals surface area contributed by atoms with E-state index >= 15 is 0 Å². The van der Waals surface area contributed by atoms with Crippen molar-refractivity contribution < 1.29 is 9.47 Å². The number of aromatic amines is 1. The van der Waals surface area contributed by atoms with Crippen molar-refractivity contribution in [2.24, 2.45) is 0 Å². The molecule has 0 aliphatic heterocycles. The first-order valence-electron chi connectivity index (χ1n) is 8.97. The molecule has 0 amide bonds. The number of benzene rings is 2. The zero-order chi connectivity index (χ0) is 20.1. The van der Waals surface area contributed by atoms with E-state index in [1.165, 1.54) is 5.56 Å². The van der Waals surface area contributed by atoms with E-state index in [-0.39, 0.29) is 0 Å². The maximum Gasteiger partial charge on any atom is 0.214 e. The van der Waals surface area contributed by atoms with Crippen molar-refractivity contribution in [3.8, 4) is 11.5 Å². The highest BCUT2D eigenvalue weighted by atomic mass is 79.9. The summed E-state index contributed by atoms with van der Waals surface area (Å²) in [6.45, 7) is 5.04. The third-order valence-corrected chi connectivity index (χ3v) is 5.34. The molecule has 0 aliphatic carbocycles. The summed E-state index contributed by atoms with van der Waals surface area (Å²) in [5.74, 6) is 2.21. The Balaban J connectivity index is 1.87. The highest BCUT2D eigenvalue weighted by Crippen LogP contribution is 2.37. The Hall–Kier alpha value is -2.32. The van der Waals surface area contributed by atoms with Crippen LogP contribution < -0.4 is 14.9 Å². The number of ether oxygens (including phenoxy) is 2. The summed E-state index contributed by atoms with van der Waals surface area (Å²) in [7, 11) is 1.64. The third-order valence-electron chi connectivity index (χ3n) is 4.32. The van der Waals surface area contributed by atoms with Crippen molar-refractivity contribution in [1.82, 2.24) is 14.9 Å². The van der Waals surface area contributed by atoms with E-state index < -0.39 is 0 Å². The number of aromatic nitrogens is 3. The molecule has 2 N–H and O–H groups in total. The van der Waals surface area contributed by atoms with Crippen molar-refractivity contribution in [1.29, 1.82) is 0 Å². The summed E-state index contributed by atoms with van der Waals surface area (Å²) in [6, 6.07) is 12.1. The minimum atomic E-state index is 0.451. The molecule has 0 bridgehead atoms. The van der Waals surface area contributed by atoms with Gasteiger partial charge in [0.15, 0.2) is 17.3 Å². The second-order valence-corrected chi connectivity index (χ2v) is 7.54. The van der Waals surface area contributed by atoms with E-state index in [1.807, 2.05) is 31.2 Å². The van der Waals surface area contributed by atoms with Gasteiger partial charge in [-0.2, -0.15) is 5.10 Å². The van der Waals surface area contributed by atoms with E-state index in [0.717, 1.165) is 27.8 Å². The van der Waals surface area contributed by atoms with Crippen molar-refractivity contribution in [3.05, 3.63) is 68.2 Å². The number of halogens is 1. The van der Waals surface area contributed by atoms with Crippen LogP contribution in [0.1, 0.15) is 29.4 Å². The Morgan fingerprint density at radius 1 is 1.29 bits per heavy atom. The zero-order valence-electron chi connectivity index (χ0n) is 16.1. The molecule has 0 fully saturated rings. The van der Waals surface area contributed by atoms with Gasteiger partial charge in [-0.15, -0.1) is 0 Å². The van der Waals surface area contributed by atoms with Gasteiger partial charge in [0.05, 0.1) is 13.7 Å². The Bertz CT molecular complexity index is 1020. The quantitative estimate of drug-likeness (QED) is 0.465. The normalized spacial score (nSPS) is 10.7. The van der Waals surface area contributed by atoms with Gasteiger partial charge >= 0.3 is 0 Å². The molecule has 6 nitrogen and oxygen atoms in total. The molecule has 8 heteroatoms. The summed E-state index contributed by atoms with van der Waals surface area (Å²) >= 11 is 8.94. The molecule has 0 spiro atoms. The Morgan fingerprint density at radius 2 is 2.11 bits per heavy atom. The van der Waals surface area contributed by atoms with Crippen molar-refractivity contribution in [2.75, 3.05) is 12.5 Å². The molecule has 1 heterocycles. The fraction of sp³-hybridized carbons (Fsp3) is 0.300. The Kier molecular flexibility index (Phi) is 6.74. The summed E-state index contributed by atoms with van der Waals surface area (Å²) < 4.78 is 15.0. The van der Waals surface area contributed by atoms with E-state index in [1.54, 1.807) is 11.8 Å². The van der Waals surface area contributed by atoms with Gasteiger partial charge < -0.3 is 14.9 Å². The monoisotopic (exact) mass is 462 g/mol. The number of hydrogen-bond acceptors (Lipinski definition) is 5. The van der Waals surface area contributed by atoms with Crippen LogP contribution in [0.5, 0.6) is 11.5 Å². The number of nitrogens with zero attached hydrogens (tertiary/aromatic N) is 2. The van der Waals surface area contributed by atoms with Crippen LogP contribution in [0.3, 0.4) is 0 Å². The first-order chi connectivity index (χ1) is 13.5. The SMILES string of the molecule is CCc1n[nH]c(=S)n1NCc1c(Br)ccc(OC)c1OCc1cccc(C)c1. The van der Waals surface area contributed by atoms with Gasteiger partial charge in [-0.05, 0) is 36.8 Å². The lowest BCUT2D eigenvalue weighted by Crippen LogP contribution is -2.18. The van der Waals surface area contributed by atoms with Gasteiger partial charge in [-0.25, -0.2) is 4.68 Å². The summed E-state index contributed by atoms with van der Waals surface area (Å²) in [4.78, 5) is 0. The summed E-state index contributed by atoms with van der Waals surface area (Å²) in [5.41, 5.74) is 6.57. The molecule has 1 aromatic heterocycles. The molecule has 3 aromatic rings. The molecule has 148 valence electrons. The number of methoxy groups -OCH3 is 1. The van der Waals surface area contributed by atoms with Crippen LogP contribution in [0.4, 0.5) is 0 Å². The zero-order valence-corrected chi connectivity index (χ0v) is 18.5. The molecule has 2 aromatic carbocycles. The number of aryl methyl sites for hydroxylation is 2. The topological polar surface area (TPSA) is 64.1 Å². The van der Waals surface area contributed by atoms with Crippen LogP contribution in [0.25, 0.3) is 0 Å². The molecular formula is C20H23BrN4O2S. The fourth-order valence-corrected chi connectivity index (χ4v) is 3.58. The lowest BCUT2D eigenvalue weighted by atomic mass is 10.1. The van der Waals surface area contributed by atoms with Crippen LogP contribution in [-0.4, -0.2) is 22.0 Å². The highest BCUT2D eigenvalue weighted by molar-refractivity contribution is 9.10. The summed E-state index contributed by atoms with van der Waals surface area (Å²) in [6.07, 6.45) is 0.760. The van der Waals surface area contributed by atoms with E-state index in [4.69, 9.17) is 21.7 Å². The van der Waals surface area contributed by atoms with Gasteiger partial charge in [-0.3, -0.25) is 5.10 Å². The average molecular weight is 463 g/mol. The predicted octanol–water partition coefficient (Wildman–Crippen LogP) is 4.91. The van der Waals surface area contributed by atoms with Crippen molar-refractivity contribution in [2.45, 2.75) is 33.4 Å². The minimum Gasteiger partial charge on any atom is -0.493 e. The van der Waals surface area contributed by atoms with E-state index in [9.17, 15) is 0 Å². The number of H-pyrrole nitrogens is 1. The van der Waals surface area contributed by atoms with Crippen LogP contribution >= 0.6 is 28.1 Å². The molecule has 0 atom stereocenters. The lowest BCUT2D eigenvalue weighted by Gasteiger charge is -2.18. The lowest BCUT2D eigenvalue weighted by molar-refractivity contribution is 0.281. The first kappa shape index (κ1) is 20.4. The predicted molar refractivity (Wildman–Crippen MR) is 116 cm³/mol. The molecular weight excluding hydrogens is 440 g/mol. The van der Waals surface area contributed by atoms with Crippen molar-refractivity contribution in [3.63, 3.8) is 0 Å². The Labute approximate surface area is 178 Å². The third kappa shape index (κ3) is 4.56. The molecule has 0 saturated heterocycles. The van der Waals surface area contributed by atoms with E-state index in [0.29, 0.717) is 29.4 Å². The van der Waals surface area contributed by atoms with Crippen LogP contribution in [-0.2, 0) is 19.6 Å². The number of nitrogens with one attached hydrogen (secondary N) is 2. The molecule has 0 aliphatic rings. The number of rotatable bonds is 8. The number of hydrogen-bond donors (Lipinski definition) is 2. The second-order valence-electron chi connectivity index (χ2n) is 6.30. The molecule has 0 saturated carbocycles. The van der Waals surface area contributed by atoms with Crippen LogP contribution in [0.2, 0.25) is 0 Å². The Morgan fingerprint density at radius 3 is 2.82 bits per heavy atom. The average Bonchev–Trinajstić information content (AvgIpc) is 3.05. The molecule has 0 radical (unpaired) electrons. The van der Waals surface area contributed by atoms with Gasteiger partial charge in [-0.1, -0.05) is 52.7 Å². The maximum atomic E-state index is 6.18. The molecule has 28 heavy (non-hydrogen) atoms. The van der Waals surface area contributed by atoms with Gasteiger partial charge in [0.25, 0.3) is 0 Å². The fourth-order valence-electron chi connectivity index (χ4n) is 2.91. The largest absolute Gasteiger partial charge is 0.493 e. The van der Waals surface area contributed by atoms with Crippen LogP contribution in [0, 0.1) is 11.7 Å².